The number of ketones is 1. The fraction of sp³-hybridized carbons (Fsp3) is 0.467. The largest absolute Gasteiger partial charge is 0.507 e. The standard InChI is InChI=1S/C30H40N2O5/c1-5-9-13-20-37-24-17-16-23(21-25(24)36-8-4)27-26(28(33)22-14-11-10-12-15-22)29(34)30(35)32(27)19-18-31(6-2)7-3/h10-12,14-17,21,27,33H,5-9,13,18-20H2,1-4H3. The number of hydrogen-bond acceptors (Lipinski definition) is 6. The summed E-state index contributed by atoms with van der Waals surface area (Å²) in [6.07, 6.45) is 3.14. The predicted molar refractivity (Wildman–Crippen MR) is 146 cm³/mol. The van der Waals surface area contributed by atoms with Crippen molar-refractivity contribution in [2.24, 2.45) is 0 Å². The van der Waals surface area contributed by atoms with Gasteiger partial charge < -0.3 is 24.4 Å². The van der Waals surface area contributed by atoms with Gasteiger partial charge in [-0.15, -0.1) is 0 Å². The van der Waals surface area contributed by atoms with E-state index in [0.717, 1.165) is 32.4 Å². The van der Waals surface area contributed by atoms with Gasteiger partial charge in [-0.3, -0.25) is 9.59 Å². The maximum atomic E-state index is 13.3. The van der Waals surface area contributed by atoms with Crippen LogP contribution in [0.3, 0.4) is 0 Å². The third-order valence-electron chi connectivity index (χ3n) is 6.73. The minimum Gasteiger partial charge on any atom is -0.507 e. The van der Waals surface area contributed by atoms with Crippen LogP contribution in [0.1, 0.15) is 64.1 Å². The molecule has 7 heteroatoms. The summed E-state index contributed by atoms with van der Waals surface area (Å²) >= 11 is 0. The molecule has 7 nitrogen and oxygen atoms in total. The van der Waals surface area contributed by atoms with Gasteiger partial charge in [0.25, 0.3) is 11.7 Å². The van der Waals surface area contributed by atoms with Crippen molar-refractivity contribution in [2.75, 3.05) is 39.4 Å². The minimum absolute atomic E-state index is 0.0924. The van der Waals surface area contributed by atoms with E-state index in [9.17, 15) is 14.7 Å². The summed E-state index contributed by atoms with van der Waals surface area (Å²) in [5.41, 5.74) is 1.28. The van der Waals surface area contributed by atoms with Crippen LogP contribution >= 0.6 is 0 Å². The van der Waals surface area contributed by atoms with Gasteiger partial charge in [-0.1, -0.05) is 70.0 Å². The fourth-order valence-corrected chi connectivity index (χ4v) is 4.61. The lowest BCUT2D eigenvalue weighted by atomic mass is 9.95. The summed E-state index contributed by atoms with van der Waals surface area (Å²) < 4.78 is 11.9. The predicted octanol–water partition coefficient (Wildman–Crippen LogP) is 5.42. The monoisotopic (exact) mass is 508 g/mol. The number of hydrogen-bond donors (Lipinski definition) is 1. The van der Waals surface area contributed by atoms with Crippen molar-refractivity contribution >= 4 is 17.4 Å². The second-order valence-electron chi connectivity index (χ2n) is 9.08. The number of aliphatic hydroxyl groups excluding tert-OH is 1. The highest BCUT2D eigenvalue weighted by Gasteiger charge is 2.46. The van der Waals surface area contributed by atoms with Crippen LogP contribution in [-0.4, -0.2) is 66.0 Å². The molecule has 37 heavy (non-hydrogen) atoms. The molecular weight excluding hydrogens is 468 g/mol. The highest BCUT2D eigenvalue weighted by Crippen LogP contribution is 2.42. The van der Waals surface area contributed by atoms with E-state index in [1.54, 1.807) is 29.2 Å². The van der Waals surface area contributed by atoms with Crippen LogP contribution in [0.2, 0.25) is 0 Å². The van der Waals surface area contributed by atoms with Crippen LogP contribution in [0.4, 0.5) is 0 Å². The first-order chi connectivity index (χ1) is 18.0. The smallest absolute Gasteiger partial charge is 0.295 e. The van der Waals surface area contributed by atoms with Gasteiger partial charge in [-0.25, -0.2) is 0 Å². The topological polar surface area (TPSA) is 79.3 Å². The minimum atomic E-state index is -0.732. The van der Waals surface area contributed by atoms with Crippen molar-refractivity contribution in [1.82, 2.24) is 9.80 Å². The number of rotatable bonds is 14. The first kappa shape index (κ1) is 28.3. The maximum Gasteiger partial charge on any atom is 0.295 e. The number of unbranched alkanes of at least 4 members (excludes halogenated alkanes) is 2. The molecule has 1 saturated heterocycles. The quantitative estimate of drug-likeness (QED) is 0.159. The Bertz CT molecular complexity index is 1080. The van der Waals surface area contributed by atoms with E-state index in [2.05, 4.69) is 25.7 Å². The van der Waals surface area contributed by atoms with E-state index in [0.29, 0.717) is 48.9 Å². The van der Waals surface area contributed by atoms with Crippen LogP contribution in [0.5, 0.6) is 11.5 Å². The molecule has 1 N–H and O–H groups in total. The highest BCUT2D eigenvalue weighted by molar-refractivity contribution is 6.46. The van der Waals surface area contributed by atoms with Crippen LogP contribution in [0.25, 0.3) is 5.76 Å². The van der Waals surface area contributed by atoms with Crippen LogP contribution in [0, 0.1) is 0 Å². The van der Waals surface area contributed by atoms with Crippen LogP contribution < -0.4 is 9.47 Å². The SMILES string of the molecule is CCCCCOc1ccc(C2C(=C(O)c3ccccc3)C(=O)C(=O)N2CCN(CC)CC)cc1OCC. The van der Waals surface area contributed by atoms with Crippen molar-refractivity contribution in [2.45, 2.75) is 53.0 Å². The molecule has 1 aliphatic rings. The van der Waals surface area contributed by atoms with Crippen molar-refractivity contribution in [1.29, 1.82) is 0 Å². The Hall–Kier alpha value is -3.32. The van der Waals surface area contributed by atoms with Crippen LogP contribution in [-0.2, 0) is 9.59 Å². The molecule has 1 heterocycles. The van der Waals surface area contributed by atoms with Crippen molar-refractivity contribution in [3.8, 4) is 11.5 Å². The van der Waals surface area contributed by atoms with E-state index in [1.165, 1.54) is 0 Å². The Morgan fingerprint density at radius 3 is 2.32 bits per heavy atom. The second-order valence-corrected chi connectivity index (χ2v) is 9.08. The molecule has 200 valence electrons. The Balaban J connectivity index is 2.06. The van der Waals surface area contributed by atoms with Crippen LogP contribution in [0.15, 0.2) is 54.1 Å². The highest BCUT2D eigenvalue weighted by atomic mass is 16.5. The molecule has 0 radical (unpaired) electrons. The summed E-state index contributed by atoms with van der Waals surface area (Å²) in [6.45, 7) is 11.9. The van der Waals surface area contributed by atoms with Gasteiger partial charge in [0, 0.05) is 18.7 Å². The number of benzene rings is 2. The van der Waals surface area contributed by atoms with E-state index < -0.39 is 17.7 Å². The number of likely N-dealkylation sites (tertiary alicyclic amines) is 1. The Kier molecular flexibility index (Phi) is 10.6. The number of nitrogens with zero attached hydrogens (tertiary/aromatic N) is 2. The Morgan fingerprint density at radius 1 is 0.946 bits per heavy atom. The lowest BCUT2D eigenvalue weighted by Gasteiger charge is -2.28. The third-order valence-corrected chi connectivity index (χ3v) is 6.73. The molecular formula is C30H40N2O5. The molecule has 0 aliphatic carbocycles. The average Bonchev–Trinajstić information content (AvgIpc) is 3.17. The number of carbonyl (C=O) groups excluding carboxylic acids is 2. The summed E-state index contributed by atoms with van der Waals surface area (Å²) in [7, 11) is 0. The first-order valence-corrected chi connectivity index (χ1v) is 13.4. The van der Waals surface area contributed by atoms with E-state index in [1.807, 2.05) is 31.2 Å². The second kappa shape index (κ2) is 13.8. The van der Waals surface area contributed by atoms with E-state index in [-0.39, 0.29) is 11.3 Å². The number of likely N-dealkylation sites (N-methyl/N-ethyl adjacent to an activating group) is 1. The van der Waals surface area contributed by atoms with Gasteiger partial charge in [0.05, 0.1) is 24.8 Å². The van der Waals surface area contributed by atoms with Gasteiger partial charge in [0.15, 0.2) is 11.5 Å². The molecule has 0 bridgehead atoms. The van der Waals surface area contributed by atoms with Gasteiger partial charge >= 0.3 is 0 Å². The molecule has 0 spiro atoms. The fourth-order valence-electron chi connectivity index (χ4n) is 4.61. The molecule has 1 fully saturated rings. The first-order valence-electron chi connectivity index (χ1n) is 13.4. The lowest BCUT2D eigenvalue weighted by molar-refractivity contribution is -0.140. The number of ether oxygens (including phenoxy) is 2. The molecule has 0 aromatic heterocycles. The molecule has 2 aromatic rings. The molecule has 1 unspecified atom stereocenters. The van der Waals surface area contributed by atoms with Crippen molar-refractivity contribution in [3.05, 3.63) is 65.2 Å². The van der Waals surface area contributed by atoms with Crippen molar-refractivity contribution < 1.29 is 24.2 Å². The summed E-state index contributed by atoms with van der Waals surface area (Å²) in [6, 6.07) is 13.7. The number of aliphatic hydroxyl groups is 1. The number of amides is 1. The van der Waals surface area contributed by atoms with E-state index >= 15 is 0 Å². The zero-order valence-corrected chi connectivity index (χ0v) is 22.5. The molecule has 1 atom stereocenters. The molecule has 2 aromatic carbocycles. The average molecular weight is 509 g/mol. The Labute approximate surface area is 220 Å². The normalized spacial score (nSPS) is 17.0. The van der Waals surface area contributed by atoms with Crippen molar-refractivity contribution in [3.63, 3.8) is 0 Å². The zero-order chi connectivity index (χ0) is 26.8. The third kappa shape index (κ3) is 6.72. The lowest BCUT2D eigenvalue weighted by Crippen LogP contribution is -2.38. The zero-order valence-electron chi connectivity index (χ0n) is 22.5. The summed E-state index contributed by atoms with van der Waals surface area (Å²) in [5, 5.41) is 11.2. The summed E-state index contributed by atoms with van der Waals surface area (Å²) in [5.74, 6) is -0.265. The summed E-state index contributed by atoms with van der Waals surface area (Å²) in [4.78, 5) is 30.3. The maximum absolute atomic E-state index is 13.3. The molecule has 3 rings (SSSR count). The van der Waals surface area contributed by atoms with E-state index in [4.69, 9.17) is 9.47 Å². The number of carbonyl (C=O) groups is 2. The Morgan fingerprint density at radius 2 is 1.68 bits per heavy atom. The molecule has 1 aliphatic heterocycles. The van der Waals surface area contributed by atoms with Gasteiger partial charge in [0.1, 0.15) is 5.76 Å². The molecule has 0 saturated carbocycles. The molecule has 1 amide bonds. The van der Waals surface area contributed by atoms with Gasteiger partial charge in [-0.05, 0) is 44.1 Å². The van der Waals surface area contributed by atoms with Gasteiger partial charge in [0.2, 0.25) is 0 Å². The van der Waals surface area contributed by atoms with Gasteiger partial charge in [-0.2, -0.15) is 0 Å². The number of Topliss-reactive ketones (excluding diaryl/α,β-unsaturated/α-hetero) is 1.